The van der Waals surface area contributed by atoms with Gasteiger partial charge in [0.05, 0.1) is 5.25 Å². The molecule has 0 saturated heterocycles. The number of benzene rings is 1. The average Bonchev–Trinajstić information content (AvgIpc) is 2.43. The highest BCUT2D eigenvalue weighted by Gasteiger charge is 2.30. The molecule has 0 bridgehead atoms. The molecule has 1 saturated carbocycles. The summed E-state index contributed by atoms with van der Waals surface area (Å²) in [6, 6.07) is 3.78. The van der Waals surface area contributed by atoms with Crippen LogP contribution >= 0.6 is 0 Å². The number of carbonyl (C=O) groups excluding carboxylic acids is 1. The third-order valence-corrected chi connectivity index (χ3v) is 6.69. The fourth-order valence-corrected chi connectivity index (χ4v) is 4.87. The van der Waals surface area contributed by atoms with Crippen LogP contribution in [0.3, 0.4) is 0 Å². The van der Waals surface area contributed by atoms with E-state index in [0.29, 0.717) is 18.4 Å². The van der Waals surface area contributed by atoms with Gasteiger partial charge in [-0.1, -0.05) is 25.3 Å². The van der Waals surface area contributed by atoms with E-state index in [1.807, 2.05) is 32.9 Å². The van der Waals surface area contributed by atoms with Gasteiger partial charge in [-0.2, -0.15) is 0 Å². The molecule has 0 heterocycles. The minimum atomic E-state index is -3.32. The molecular weight excluding hydrogens is 284 g/mol. The van der Waals surface area contributed by atoms with Gasteiger partial charge in [0.15, 0.2) is 15.6 Å². The monoisotopic (exact) mass is 308 g/mol. The smallest absolute Gasteiger partial charge is 0.178 e. The molecule has 3 nitrogen and oxygen atoms in total. The summed E-state index contributed by atoms with van der Waals surface area (Å²) in [5.74, 6) is -0.609. The lowest BCUT2D eigenvalue weighted by Crippen LogP contribution is -2.30. The summed E-state index contributed by atoms with van der Waals surface area (Å²) < 4.78 is 24.8. The van der Waals surface area contributed by atoms with E-state index in [1.54, 1.807) is 0 Å². The van der Waals surface area contributed by atoms with E-state index in [0.717, 1.165) is 36.0 Å². The average molecular weight is 308 g/mol. The first-order valence-corrected chi connectivity index (χ1v) is 9.35. The number of Topliss-reactive ketones (excluding diaryl/α,β-unsaturated/α-hetero) is 1. The van der Waals surface area contributed by atoms with E-state index in [9.17, 15) is 13.2 Å². The summed E-state index contributed by atoms with van der Waals surface area (Å²) in [7, 11) is -3.32. The molecule has 4 heteroatoms. The Morgan fingerprint density at radius 2 is 1.57 bits per heavy atom. The van der Waals surface area contributed by atoms with Crippen LogP contribution in [0.5, 0.6) is 0 Å². The summed E-state index contributed by atoms with van der Waals surface area (Å²) in [5.41, 5.74) is 3.57. The van der Waals surface area contributed by atoms with Crippen LogP contribution in [0, 0.1) is 20.8 Å². The summed E-state index contributed by atoms with van der Waals surface area (Å²) in [6.07, 6.45) is 4.45. The predicted molar refractivity (Wildman–Crippen MR) is 85.6 cm³/mol. The van der Waals surface area contributed by atoms with E-state index in [4.69, 9.17) is 0 Å². The van der Waals surface area contributed by atoms with E-state index in [1.165, 1.54) is 0 Å². The van der Waals surface area contributed by atoms with Crippen molar-refractivity contribution in [3.05, 3.63) is 34.4 Å². The van der Waals surface area contributed by atoms with Crippen LogP contribution in [0.1, 0.15) is 59.2 Å². The van der Waals surface area contributed by atoms with E-state index >= 15 is 0 Å². The van der Waals surface area contributed by atoms with Crippen LogP contribution in [0.2, 0.25) is 0 Å². The molecule has 21 heavy (non-hydrogen) atoms. The highest BCUT2D eigenvalue weighted by molar-refractivity contribution is 7.92. The predicted octanol–water partition coefficient (Wildman–Crippen LogP) is 3.54. The van der Waals surface area contributed by atoms with Crippen LogP contribution in [-0.4, -0.2) is 25.2 Å². The lowest BCUT2D eigenvalue weighted by atomic mass is 9.99. The zero-order valence-corrected chi connectivity index (χ0v) is 13.9. The molecule has 0 atom stereocenters. The Morgan fingerprint density at radius 3 is 2.19 bits per heavy atom. The highest BCUT2D eigenvalue weighted by atomic mass is 32.2. The fraction of sp³-hybridized carbons (Fsp3) is 0.588. The van der Waals surface area contributed by atoms with Gasteiger partial charge in [-0.25, -0.2) is 8.42 Å². The first-order chi connectivity index (χ1) is 9.81. The standard InChI is InChI=1S/C17H24O3S/c1-12-9-14(3)16(10-13(12)2)17(18)11-21(19,20)15-7-5-4-6-8-15/h9-10,15H,4-8,11H2,1-3H3. The minimum absolute atomic E-state index is 0.263. The summed E-state index contributed by atoms with van der Waals surface area (Å²) in [6.45, 7) is 5.81. The highest BCUT2D eigenvalue weighted by Crippen LogP contribution is 2.25. The zero-order chi connectivity index (χ0) is 15.6. The number of aryl methyl sites for hydroxylation is 3. The third-order valence-electron chi connectivity index (χ3n) is 4.53. The van der Waals surface area contributed by atoms with Gasteiger partial charge in [0.2, 0.25) is 0 Å². The molecule has 1 aromatic rings. The molecule has 116 valence electrons. The summed E-state index contributed by atoms with van der Waals surface area (Å²) in [5, 5.41) is -0.318. The van der Waals surface area contributed by atoms with E-state index in [2.05, 4.69) is 0 Å². The maximum Gasteiger partial charge on any atom is 0.178 e. The molecule has 0 N–H and O–H groups in total. The number of carbonyl (C=O) groups is 1. The van der Waals surface area contributed by atoms with Crippen molar-refractivity contribution in [2.24, 2.45) is 0 Å². The van der Waals surface area contributed by atoms with Crippen LogP contribution in [0.15, 0.2) is 12.1 Å². The third kappa shape index (κ3) is 3.73. The number of hydrogen-bond acceptors (Lipinski definition) is 3. The van der Waals surface area contributed by atoms with E-state index < -0.39 is 9.84 Å². The largest absolute Gasteiger partial charge is 0.293 e. The van der Waals surface area contributed by atoms with Gasteiger partial charge in [0.1, 0.15) is 5.75 Å². The lowest BCUT2D eigenvalue weighted by Gasteiger charge is -2.21. The van der Waals surface area contributed by atoms with Crippen LogP contribution < -0.4 is 0 Å². The summed E-state index contributed by atoms with van der Waals surface area (Å²) in [4.78, 5) is 12.4. The second kappa shape index (κ2) is 6.30. The van der Waals surface area contributed by atoms with Gasteiger partial charge in [0, 0.05) is 5.56 Å². The van der Waals surface area contributed by atoms with Crippen molar-refractivity contribution in [2.75, 3.05) is 5.75 Å². The van der Waals surface area contributed by atoms with Gasteiger partial charge >= 0.3 is 0 Å². The molecular formula is C17H24O3S. The molecule has 1 fully saturated rings. The molecule has 2 rings (SSSR count). The quantitative estimate of drug-likeness (QED) is 0.799. The van der Waals surface area contributed by atoms with Gasteiger partial charge in [-0.3, -0.25) is 4.79 Å². The lowest BCUT2D eigenvalue weighted by molar-refractivity contribution is 0.102. The summed E-state index contributed by atoms with van der Waals surface area (Å²) >= 11 is 0. The van der Waals surface area contributed by atoms with Crippen molar-refractivity contribution in [1.82, 2.24) is 0 Å². The molecule has 0 unspecified atom stereocenters. The first kappa shape index (κ1) is 16.2. The topological polar surface area (TPSA) is 51.2 Å². The maximum atomic E-state index is 12.4. The first-order valence-electron chi connectivity index (χ1n) is 7.64. The molecule has 0 spiro atoms. The minimum Gasteiger partial charge on any atom is -0.293 e. The normalized spacial score (nSPS) is 16.9. The second-order valence-electron chi connectivity index (χ2n) is 6.24. The van der Waals surface area contributed by atoms with Gasteiger partial charge in [-0.15, -0.1) is 0 Å². The Bertz CT molecular complexity index is 638. The van der Waals surface area contributed by atoms with Crippen molar-refractivity contribution in [3.63, 3.8) is 0 Å². The van der Waals surface area contributed by atoms with Crippen molar-refractivity contribution >= 4 is 15.6 Å². The Hall–Kier alpha value is -1.16. The molecule has 1 aliphatic carbocycles. The molecule has 0 radical (unpaired) electrons. The maximum absolute atomic E-state index is 12.4. The molecule has 1 aliphatic rings. The van der Waals surface area contributed by atoms with Crippen molar-refractivity contribution in [3.8, 4) is 0 Å². The van der Waals surface area contributed by atoms with Crippen molar-refractivity contribution in [1.29, 1.82) is 0 Å². The Balaban J connectivity index is 2.19. The van der Waals surface area contributed by atoms with Gasteiger partial charge in [0.25, 0.3) is 0 Å². The molecule has 1 aromatic carbocycles. The second-order valence-corrected chi connectivity index (χ2v) is 8.52. The molecule has 0 amide bonds. The Kier molecular flexibility index (Phi) is 4.87. The van der Waals surface area contributed by atoms with Crippen LogP contribution in [0.4, 0.5) is 0 Å². The van der Waals surface area contributed by atoms with E-state index in [-0.39, 0.29) is 16.8 Å². The Labute approximate surface area is 127 Å². The zero-order valence-electron chi connectivity index (χ0n) is 13.1. The number of hydrogen-bond donors (Lipinski definition) is 0. The number of rotatable bonds is 4. The van der Waals surface area contributed by atoms with Crippen LogP contribution in [0.25, 0.3) is 0 Å². The SMILES string of the molecule is Cc1cc(C)c(C(=O)CS(=O)(=O)C2CCCCC2)cc1C. The van der Waals surface area contributed by atoms with Gasteiger partial charge < -0.3 is 0 Å². The Morgan fingerprint density at radius 1 is 1.00 bits per heavy atom. The number of sulfone groups is 1. The van der Waals surface area contributed by atoms with Crippen molar-refractivity contribution in [2.45, 2.75) is 58.1 Å². The van der Waals surface area contributed by atoms with Crippen LogP contribution in [-0.2, 0) is 9.84 Å². The molecule has 0 aliphatic heterocycles. The van der Waals surface area contributed by atoms with Gasteiger partial charge in [-0.05, 0) is 56.4 Å². The number of ketones is 1. The fourth-order valence-electron chi connectivity index (χ4n) is 3.06. The molecule has 0 aromatic heterocycles. The van der Waals surface area contributed by atoms with Crippen molar-refractivity contribution < 1.29 is 13.2 Å².